The zero-order valence-corrected chi connectivity index (χ0v) is 17.1. The van der Waals surface area contributed by atoms with Crippen LogP contribution in [0.3, 0.4) is 0 Å². The molecule has 30 heavy (non-hydrogen) atoms. The van der Waals surface area contributed by atoms with Gasteiger partial charge in [0.15, 0.2) is 0 Å². The average molecular weight is 399 g/mol. The monoisotopic (exact) mass is 399 g/mol. The molecular weight excluding hydrogens is 374 g/mol. The Morgan fingerprint density at radius 1 is 0.867 bits per heavy atom. The summed E-state index contributed by atoms with van der Waals surface area (Å²) >= 11 is 0. The summed E-state index contributed by atoms with van der Waals surface area (Å²) in [6.45, 7) is 2.75. The zero-order chi connectivity index (χ0) is 20.6. The standard InChI is InChI=1S/C24H25N5O/c1-19(29-18-25-27-28-29)10-8-9-15-30-24-17-22(20-11-4-2-5-12-20)16-23(26-24)21-13-6-3-7-14-21/h2-7,11-14,16-19H,8-10,15H2,1H3. The first-order chi connectivity index (χ1) is 14.8. The highest BCUT2D eigenvalue weighted by atomic mass is 16.5. The molecule has 0 aliphatic rings. The van der Waals surface area contributed by atoms with E-state index in [-0.39, 0.29) is 6.04 Å². The van der Waals surface area contributed by atoms with E-state index in [1.165, 1.54) is 0 Å². The summed E-state index contributed by atoms with van der Waals surface area (Å²) in [5.41, 5.74) is 4.25. The quantitative estimate of drug-likeness (QED) is 0.361. The van der Waals surface area contributed by atoms with Gasteiger partial charge in [0.05, 0.1) is 18.3 Å². The number of benzene rings is 2. The number of rotatable bonds is 9. The van der Waals surface area contributed by atoms with Crippen LogP contribution >= 0.6 is 0 Å². The molecule has 0 aliphatic heterocycles. The van der Waals surface area contributed by atoms with Gasteiger partial charge in [-0.15, -0.1) is 5.10 Å². The van der Waals surface area contributed by atoms with Crippen molar-refractivity contribution in [2.75, 3.05) is 6.61 Å². The van der Waals surface area contributed by atoms with Crippen LogP contribution < -0.4 is 4.74 Å². The molecular formula is C24H25N5O. The maximum Gasteiger partial charge on any atom is 0.214 e. The van der Waals surface area contributed by atoms with Crippen LogP contribution in [-0.2, 0) is 0 Å². The number of hydrogen-bond acceptors (Lipinski definition) is 5. The molecule has 6 heteroatoms. The van der Waals surface area contributed by atoms with Crippen molar-refractivity contribution in [2.45, 2.75) is 32.2 Å². The van der Waals surface area contributed by atoms with Crippen molar-refractivity contribution in [1.29, 1.82) is 0 Å². The van der Waals surface area contributed by atoms with Crippen molar-refractivity contribution in [3.8, 4) is 28.3 Å². The van der Waals surface area contributed by atoms with E-state index in [0.29, 0.717) is 12.5 Å². The second-order valence-corrected chi connectivity index (χ2v) is 7.29. The number of ether oxygens (including phenoxy) is 1. The molecule has 6 nitrogen and oxygen atoms in total. The van der Waals surface area contributed by atoms with Gasteiger partial charge < -0.3 is 4.74 Å². The third-order valence-electron chi connectivity index (χ3n) is 5.06. The normalized spacial score (nSPS) is 11.9. The predicted molar refractivity (Wildman–Crippen MR) is 117 cm³/mol. The van der Waals surface area contributed by atoms with Crippen LogP contribution in [0.15, 0.2) is 79.1 Å². The van der Waals surface area contributed by atoms with Crippen LogP contribution in [0.25, 0.3) is 22.4 Å². The lowest BCUT2D eigenvalue weighted by atomic mass is 10.0. The van der Waals surface area contributed by atoms with Crippen molar-refractivity contribution in [3.63, 3.8) is 0 Å². The van der Waals surface area contributed by atoms with Gasteiger partial charge in [-0.1, -0.05) is 60.7 Å². The van der Waals surface area contributed by atoms with Gasteiger partial charge in [-0.3, -0.25) is 0 Å². The second-order valence-electron chi connectivity index (χ2n) is 7.29. The zero-order valence-electron chi connectivity index (χ0n) is 17.1. The summed E-state index contributed by atoms with van der Waals surface area (Å²) in [6, 6.07) is 25.0. The van der Waals surface area contributed by atoms with Crippen LogP contribution in [-0.4, -0.2) is 31.8 Å². The Balaban J connectivity index is 1.43. The number of nitrogens with zero attached hydrogens (tertiary/aromatic N) is 5. The Morgan fingerprint density at radius 3 is 2.30 bits per heavy atom. The summed E-state index contributed by atoms with van der Waals surface area (Å²) < 4.78 is 7.83. The molecule has 1 atom stereocenters. The summed E-state index contributed by atoms with van der Waals surface area (Å²) in [5.74, 6) is 0.656. The van der Waals surface area contributed by atoms with E-state index in [2.05, 4.69) is 52.8 Å². The summed E-state index contributed by atoms with van der Waals surface area (Å²) in [6.07, 6.45) is 4.64. The molecule has 2 aromatic carbocycles. The second kappa shape index (κ2) is 9.78. The van der Waals surface area contributed by atoms with Gasteiger partial charge in [0, 0.05) is 11.6 Å². The molecule has 0 amide bonds. The summed E-state index contributed by atoms with van der Waals surface area (Å²) in [4.78, 5) is 4.75. The molecule has 0 radical (unpaired) electrons. The van der Waals surface area contributed by atoms with E-state index in [1.54, 1.807) is 11.0 Å². The number of unbranched alkanes of at least 4 members (excludes halogenated alkanes) is 1. The van der Waals surface area contributed by atoms with Crippen molar-refractivity contribution in [3.05, 3.63) is 79.1 Å². The maximum atomic E-state index is 6.04. The fourth-order valence-corrected chi connectivity index (χ4v) is 3.35. The fourth-order valence-electron chi connectivity index (χ4n) is 3.35. The number of hydrogen-bond donors (Lipinski definition) is 0. The molecule has 2 heterocycles. The van der Waals surface area contributed by atoms with Crippen LogP contribution in [0.4, 0.5) is 0 Å². The van der Waals surface area contributed by atoms with Gasteiger partial charge in [0.2, 0.25) is 5.88 Å². The molecule has 0 spiro atoms. The Morgan fingerprint density at radius 2 is 1.60 bits per heavy atom. The largest absolute Gasteiger partial charge is 0.478 e. The molecule has 2 aromatic heterocycles. The highest BCUT2D eigenvalue weighted by Crippen LogP contribution is 2.28. The average Bonchev–Trinajstić information content (AvgIpc) is 3.35. The van der Waals surface area contributed by atoms with Gasteiger partial charge >= 0.3 is 0 Å². The van der Waals surface area contributed by atoms with E-state index in [1.807, 2.05) is 42.5 Å². The smallest absolute Gasteiger partial charge is 0.214 e. The number of pyridine rings is 1. The lowest BCUT2D eigenvalue weighted by molar-refractivity contribution is 0.288. The minimum Gasteiger partial charge on any atom is -0.478 e. The topological polar surface area (TPSA) is 65.7 Å². The Hall–Kier alpha value is -3.54. The predicted octanol–water partition coefficient (Wildman–Crippen LogP) is 5.21. The first-order valence-corrected chi connectivity index (χ1v) is 10.3. The van der Waals surface area contributed by atoms with Gasteiger partial charge in [-0.05, 0) is 53.8 Å². The van der Waals surface area contributed by atoms with Gasteiger partial charge in [-0.2, -0.15) is 0 Å². The molecule has 0 fully saturated rings. The van der Waals surface area contributed by atoms with Crippen molar-refractivity contribution < 1.29 is 4.74 Å². The van der Waals surface area contributed by atoms with Crippen molar-refractivity contribution in [2.24, 2.45) is 0 Å². The van der Waals surface area contributed by atoms with Crippen LogP contribution in [0, 0.1) is 0 Å². The Kier molecular flexibility index (Phi) is 6.44. The Labute approximate surface area is 176 Å². The lowest BCUT2D eigenvalue weighted by Gasteiger charge is -2.12. The van der Waals surface area contributed by atoms with Crippen molar-refractivity contribution in [1.82, 2.24) is 25.2 Å². The fraction of sp³-hybridized carbons (Fsp3) is 0.250. The third-order valence-corrected chi connectivity index (χ3v) is 5.06. The highest BCUT2D eigenvalue weighted by molar-refractivity contribution is 5.71. The summed E-state index contributed by atoms with van der Waals surface area (Å²) in [5, 5.41) is 11.3. The SMILES string of the molecule is CC(CCCCOc1cc(-c2ccccc2)cc(-c2ccccc2)n1)n1cnnn1. The molecule has 0 bridgehead atoms. The highest BCUT2D eigenvalue weighted by Gasteiger charge is 2.09. The van der Waals surface area contributed by atoms with Gasteiger partial charge in [-0.25, -0.2) is 9.67 Å². The molecule has 0 saturated carbocycles. The summed E-state index contributed by atoms with van der Waals surface area (Å²) in [7, 11) is 0. The molecule has 4 rings (SSSR count). The first-order valence-electron chi connectivity index (χ1n) is 10.3. The van der Waals surface area contributed by atoms with E-state index in [9.17, 15) is 0 Å². The molecule has 0 N–H and O–H groups in total. The number of tetrazole rings is 1. The van der Waals surface area contributed by atoms with Crippen molar-refractivity contribution >= 4 is 0 Å². The van der Waals surface area contributed by atoms with E-state index in [0.717, 1.165) is 41.6 Å². The molecule has 0 saturated heterocycles. The van der Waals surface area contributed by atoms with E-state index < -0.39 is 0 Å². The minimum absolute atomic E-state index is 0.282. The van der Waals surface area contributed by atoms with Crippen LogP contribution in [0.1, 0.15) is 32.2 Å². The Bertz CT molecular complexity index is 978. The first kappa shape index (κ1) is 19.8. The van der Waals surface area contributed by atoms with Gasteiger partial charge in [0.1, 0.15) is 6.33 Å². The molecule has 4 aromatic rings. The minimum atomic E-state index is 0.282. The third kappa shape index (κ3) is 5.08. The number of aromatic nitrogens is 5. The van der Waals surface area contributed by atoms with Gasteiger partial charge in [0.25, 0.3) is 0 Å². The molecule has 152 valence electrons. The van der Waals surface area contributed by atoms with Crippen LogP contribution in [0.5, 0.6) is 5.88 Å². The maximum absolute atomic E-state index is 6.04. The molecule has 1 unspecified atom stereocenters. The lowest BCUT2D eigenvalue weighted by Crippen LogP contribution is -2.07. The molecule has 0 aliphatic carbocycles. The van der Waals surface area contributed by atoms with E-state index in [4.69, 9.17) is 9.72 Å². The van der Waals surface area contributed by atoms with E-state index >= 15 is 0 Å². The van der Waals surface area contributed by atoms with Crippen LogP contribution in [0.2, 0.25) is 0 Å².